The Balaban J connectivity index is 2.51. The third-order valence-electron chi connectivity index (χ3n) is 1.85. The molecule has 1 aromatic heterocycles. The average Bonchev–Trinajstić information content (AvgIpc) is 2.60. The molecule has 0 atom stereocenters. The lowest BCUT2D eigenvalue weighted by atomic mass is 10.3. The first-order valence-corrected chi connectivity index (χ1v) is 4.91. The second-order valence-corrected chi connectivity index (χ2v) is 3.72. The number of nitriles is 1. The second kappa shape index (κ2) is 3.83. The SMILES string of the molecule is N#Cc1nn(-c2cccc(F)c2)cc1Br. The molecular weight excluding hydrogens is 261 g/mol. The molecule has 74 valence electrons. The van der Waals surface area contributed by atoms with E-state index in [2.05, 4.69) is 21.0 Å². The Morgan fingerprint density at radius 2 is 2.27 bits per heavy atom. The fraction of sp³-hybridized carbons (Fsp3) is 0. The lowest BCUT2D eigenvalue weighted by Gasteiger charge is -1.99. The smallest absolute Gasteiger partial charge is 0.177 e. The zero-order chi connectivity index (χ0) is 10.8. The van der Waals surface area contributed by atoms with Crippen molar-refractivity contribution in [3.8, 4) is 11.8 Å². The summed E-state index contributed by atoms with van der Waals surface area (Å²) in [6.45, 7) is 0. The zero-order valence-corrected chi connectivity index (χ0v) is 9.07. The second-order valence-electron chi connectivity index (χ2n) is 2.86. The first kappa shape index (κ1) is 9.87. The van der Waals surface area contributed by atoms with Gasteiger partial charge in [-0.1, -0.05) is 6.07 Å². The number of hydrogen-bond donors (Lipinski definition) is 0. The molecule has 0 saturated heterocycles. The summed E-state index contributed by atoms with van der Waals surface area (Å²) in [5, 5.41) is 12.7. The van der Waals surface area contributed by atoms with Crippen LogP contribution in [0, 0.1) is 17.1 Å². The molecule has 3 nitrogen and oxygen atoms in total. The number of hydrogen-bond acceptors (Lipinski definition) is 2. The van der Waals surface area contributed by atoms with Crippen LogP contribution < -0.4 is 0 Å². The molecule has 0 fully saturated rings. The van der Waals surface area contributed by atoms with Gasteiger partial charge in [0.15, 0.2) is 5.69 Å². The van der Waals surface area contributed by atoms with E-state index >= 15 is 0 Å². The minimum atomic E-state index is -0.336. The Kier molecular flexibility index (Phi) is 2.52. The highest BCUT2D eigenvalue weighted by atomic mass is 79.9. The lowest BCUT2D eigenvalue weighted by Crippen LogP contribution is -1.95. The van der Waals surface area contributed by atoms with Crippen LogP contribution in [0.2, 0.25) is 0 Å². The molecule has 1 aromatic carbocycles. The molecule has 0 spiro atoms. The molecule has 2 aromatic rings. The van der Waals surface area contributed by atoms with Gasteiger partial charge in [-0.05, 0) is 34.1 Å². The molecule has 0 unspecified atom stereocenters. The molecule has 0 saturated carbocycles. The molecule has 0 aliphatic carbocycles. The van der Waals surface area contributed by atoms with Gasteiger partial charge in [0.25, 0.3) is 0 Å². The molecule has 2 rings (SSSR count). The fourth-order valence-electron chi connectivity index (χ4n) is 1.18. The maximum absolute atomic E-state index is 12.9. The van der Waals surface area contributed by atoms with Crippen molar-refractivity contribution in [2.24, 2.45) is 0 Å². The third kappa shape index (κ3) is 1.90. The maximum Gasteiger partial charge on any atom is 0.177 e. The van der Waals surface area contributed by atoms with E-state index in [1.165, 1.54) is 16.8 Å². The summed E-state index contributed by atoms with van der Waals surface area (Å²) >= 11 is 3.19. The van der Waals surface area contributed by atoms with Gasteiger partial charge in [0.2, 0.25) is 0 Å². The summed E-state index contributed by atoms with van der Waals surface area (Å²) in [4.78, 5) is 0. The van der Waals surface area contributed by atoms with Crippen LogP contribution in [-0.4, -0.2) is 9.78 Å². The van der Waals surface area contributed by atoms with Gasteiger partial charge in [-0.3, -0.25) is 0 Å². The van der Waals surface area contributed by atoms with Gasteiger partial charge in [0.1, 0.15) is 11.9 Å². The highest BCUT2D eigenvalue weighted by Gasteiger charge is 2.06. The Labute approximate surface area is 93.9 Å². The Hall–Kier alpha value is -1.67. The molecule has 5 heteroatoms. The van der Waals surface area contributed by atoms with E-state index in [9.17, 15) is 4.39 Å². The normalized spacial score (nSPS) is 9.93. The van der Waals surface area contributed by atoms with Crippen LogP contribution in [0.15, 0.2) is 34.9 Å². The van der Waals surface area contributed by atoms with E-state index in [1.807, 2.05) is 6.07 Å². The van der Waals surface area contributed by atoms with Gasteiger partial charge in [-0.15, -0.1) is 0 Å². The summed E-state index contributed by atoms with van der Waals surface area (Å²) in [5.41, 5.74) is 0.858. The standard InChI is InChI=1S/C10H5BrFN3/c11-9-6-15(14-10(9)5-13)8-3-1-2-7(12)4-8/h1-4,6H. The van der Waals surface area contributed by atoms with Crippen LogP contribution >= 0.6 is 15.9 Å². The van der Waals surface area contributed by atoms with E-state index in [0.717, 1.165) is 0 Å². The van der Waals surface area contributed by atoms with Crippen molar-refractivity contribution in [2.45, 2.75) is 0 Å². The molecule has 1 heterocycles. The average molecular weight is 266 g/mol. The summed E-state index contributed by atoms with van der Waals surface area (Å²) in [6.07, 6.45) is 1.62. The minimum Gasteiger partial charge on any atom is -0.238 e. The monoisotopic (exact) mass is 265 g/mol. The van der Waals surface area contributed by atoms with Crippen molar-refractivity contribution in [1.29, 1.82) is 5.26 Å². The van der Waals surface area contributed by atoms with Gasteiger partial charge >= 0.3 is 0 Å². The Morgan fingerprint density at radius 3 is 2.87 bits per heavy atom. The van der Waals surface area contributed by atoms with Crippen LogP contribution in [0.4, 0.5) is 4.39 Å². The van der Waals surface area contributed by atoms with Crippen molar-refractivity contribution >= 4 is 15.9 Å². The molecule has 0 aliphatic rings. The quantitative estimate of drug-likeness (QED) is 0.796. The predicted octanol–water partition coefficient (Wildman–Crippen LogP) is 2.65. The van der Waals surface area contributed by atoms with Crippen molar-refractivity contribution in [1.82, 2.24) is 9.78 Å². The molecular formula is C10H5BrFN3. The molecule has 15 heavy (non-hydrogen) atoms. The highest BCUT2D eigenvalue weighted by molar-refractivity contribution is 9.10. The van der Waals surface area contributed by atoms with Gasteiger partial charge in [-0.25, -0.2) is 9.07 Å². The number of halogens is 2. The fourth-order valence-corrected chi connectivity index (χ4v) is 1.54. The highest BCUT2D eigenvalue weighted by Crippen LogP contribution is 2.17. The number of benzene rings is 1. The Morgan fingerprint density at radius 1 is 1.47 bits per heavy atom. The molecule has 0 aliphatic heterocycles. The van der Waals surface area contributed by atoms with Crippen molar-refractivity contribution in [3.05, 3.63) is 46.4 Å². The largest absolute Gasteiger partial charge is 0.238 e. The third-order valence-corrected chi connectivity index (χ3v) is 2.43. The van der Waals surface area contributed by atoms with Crippen LogP contribution in [0.3, 0.4) is 0 Å². The molecule has 0 radical (unpaired) electrons. The van der Waals surface area contributed by atoms with Crippen molar-refractivity contribution in [2.75, 3.05) is 0 Å². The molecule has 0 N–H and O–H groups in total. The number of nitrogens with zero attached hydrogens (tertiary/aromatic N) is 3. The number of aromatic nitrogens is 2. The topological polar surface area (TPSA) is 41.6 Å². The Bertz CT molecular complexity index is 542. The van der Waals surface area contributed by atoms with E-state index < -0.39 is 0 Å². The molecule has 0 bridgehead atoms. The van der Waals surface area contributed by atoms with Gasteiger partial charge in [-0.2, -0.15) is 10.4 Å². The predicted molar refractivity (Wildman–Crippen MR) is 55.9 cm³/mol. The maximum atomic E-state index is 12.9. The van der Waals surface area contributed by atoms with Crippen LogP contribution in [-0.2, 0) is 0 Å². The summed E-state index contributed by atoms with van der Waals surface area (Å²) in [7, 11) is 0. The zero-order valence-electron chi connectivity index (χ0n) is 7.48. The first-order chi connectivity index (χ1) is 7.20. The van der Waals surface area contributed by atoms with E-state index in [4.69, 9.17) is 5.26 Å². The minimum absolute atomic E-state index is 0.277. The summed E-state index contributed by atoms with van der Waals surface area (Å²) in [5.74, 6) is -0.336. The van der Waals surface area contributed by atoms with Gasteiger partial charge < -0.3 is 0 Å². The van der Waals surface area contributed by atoms with Crippen LogP contribution in [0.25, 0.3) is 5.69 Å². The summed E-state index contributed by atoms with van der Waals surface area (Å²) < 4.78 is 15.0. The van der Waals surface area contributed by atoms with Crippen molar-refractivity contribution < 1.29 is 4.39 Å². The van der Waals surface area contributed by atoms with Gasteiger partial charge in [0, 0.05) is 6.20 Å². The van der Waals surface area contributed by atoms with Crippen LogP contribution in [0.5, 0.6) is 0 Å². The molecule has 0 amide bonds. The van der Waals surface area contributed by atoms with Crippen LogP contribution in [0.1, 0.15) is 5.69 Å². The number of rotatable bonds is 1. The van der Waals surface area contributed by atoms with Gasteiger partial charge in [0.05, 0.1) is 10.2 Å². The van der Waals surface area contributed by atoms with E-state index in [0.29, 0.717) is 10.2 Å². The van der Waals surface area contributed by atoms with Crippen molar-refractivity contribution in [3.63, 3.8) is 0 Å². The summed E-state index contributed by atoms with van der Waals surface area (Å²) in [6, 6.07) is 7.93. The first-order valence-electron chi connectivity index (χ1n) is 4.12. The van der Waals surface area contributed by atoms with E-state index in [-0.39, 0.29) is 11.5 Å². The lowest BCUT2D eigenvalue weighted by molar-refractivity contribution is 0.625. The van der Waals surface area contributed by atoms with E-state index in [1.54, 1.807) is 18.3 Å².